The molecule has 0 saturated carbocycles. The molecule has 6 heteroatoms. The Labute approximate surface area is 61.9 Å². The zero-order valence-electron chi connectivity index (χ0n) is 4.83. The molecule has 0 bridgehead atoms. The molecule has 0 rings (SSSR count). The summed E-state index contributed by atoms with van der Waals surface area (Å²) >= 11 is 0. The molecule has 0 radical (unpaired) electrons. The van der Waals surface area contributed by atoms with Crippen LogP contribution in [0.2, 0.25) is 0 Å². The average molecular weight is 134 g/mol. The normalized spacial score (nSPS) is 6.50. The van der Waals surface area contributed by atoms with Crippen LogP contribution in [-0.4, -0.2) is 16.3 Å². The van der Waals surface area contributed by atoms with Gasteiger partial charge in [-0.05, 0) is 6.92 Å². The van der Waals surface area contributed by atoms with Crippen LogP contribution in [0.15, 0.2) is 0 Å². The molecule has 0 spiro atoms. The third kappa shape index (κ3) is 885. The molecule has 0 aliphatic heterocycles. The summed E-state index contributed by atoms with van der Waals surface area (Å²) in [7, 11) is -2.86. The van der Waals surface area contributed by atoms with Crippen LogP contribution in [0.1, 0.15) is 6.92 Å². The number of hydrogen-bond acceptors (Lipinski definition) is 4. The predicted molar refractivity (Wildman–Crippen MR) is 24.1 cm³/mol. The van der Waals surface area contributed by atoms with Crippen molar-refractivity contribution in [1.82, 2.24) is 0 Å². The van der Waals surface area contributed by atoms with E-state index in [0.717, 1.165) is 0 Å². The summed E-state index contributed by atoms with van der Waals surface area (Å²) in [5.41, 5.74) is 0. The molecule has 0 amide bonds. The third-order valence-electron chi connectivity index (χ3n) is 0. The van der Waals surface area contributed by atoms with Crippen molar-refractivity contribution in [3.8, 4) is 0 Å². The van der Waals surface area contributed by atoms with Gasteiger partial charge in [-0.3, -0.25) is 0 Å². The molecule has 0 aromatic carbocycles. The number of hydrogen-bond donors (Lipinski definition) is 2. The maximum absolute atomic E-state index is 8.56. The molecule has 0 aromatic rings. The van der Waals surface area contributed by atoms with Crippen molar-refractivity contribution in [1.29, 1.82) is 0 Å². The second-order valence-electron chi connectivity index (χ2n) is 0.533. The van der Waals surface area contributed by atoms with E-state index in [-0.39, 0.29) is 25.5 Å². The largest absolute Gasteiger partial charge is 1.00 e. The fourth-order valence-corrected chi connectivity index (χ4v) is 0. The minimum atomic E-state index is -2.86. The van der Waals surface area contributed by atoms with Crippen LogP contribution < -0.4 is 18.9 Å². The van der Waals surface area contributed by atoms with Gasteiger partial charge in [0.25, 0.3) is 0 Å². The Morgan fingerprint density at radius 2 is 1.50 bits per heavy atom. The van der Waals surface area contributed by atoms with Gasteiger partial charge in [0.1, 0.15) is 0 Å². The average Bonchev–Trinajstić information content (AvgIpc) is 1.33. The molecule has 0 heterocycles. The van der Waals surface area contributed by atoms with Crippen LogP contribution in [0.4, 0.5) is 0 Å². The minimum Gasteiger partial charge on any atom is -0.439 e. The first-order valence-corrected chi connectivity index (χ1v) is 2.57. The standard InChI is InChI=1S/C2H6O.Li.HO3S/c1-2-3;;1-4(2)3/h3H,2H2,1H3;;(H,1,2,3)/q;+1;-1. The van der Waals surface area contributed by atoms with Gasteiger partial charge in [0.15, 0.2) is 0 Å². The molecule has 0 atom stereocenters. The van der Waals surface area contributed by atoms with Crippen LogP contribution in [0, 0.1) is 0 Å². The molecule has 2 N–H and O–H groups in total. The quantitative estimate of drug-likeness (QED) is 0.158. The zero-order valence-corrected chi connectivity index (χ0v) is 5.64. The summed E-state index contributed by atoms with van der Waals surface area (Å²) in [6.45, 7) is 1.93. The fourth-order valence-electron chi connectivity index (χ4n) is 0. The van der Waals surface area contributed by atoms with Crippen LogP contribution in [-0.2, 0) is 19.4 Å². The van der Waals surface area contributed by atoms with Gasteiger partial charge >= 0.3 is 18.9 Å². The van der Waals surface area contributed by atoms with Crippen molar-refractivity contribution < 1.29 is 36.9 Å². The summed E-state index contributed by atoms with van der Waals surface area (Å²) in [5.74, 6) is 0. The minimum absolute atomic E-state index is 0. The Kier molecular flexibility index (Phi) is 30.9. The maximum Gasteiger partial charge on any atom is 1.00 e. The van der Waals surface area contributed by atoms with Gasteiger partial charge < -0.3 is 18.1 Å². The smallest absolute Gasteiger partial charge is 0.439 e. The fraction of sp³-hybridized carbons (Fsp3) is 1.00. The van der Waals surface area contributed by atoms with Crippen molar-refractivity contribution in [3.05, 3.63) is 0 Å². The van der Waals surface area contributed by atoms with E-state index in [1.807, 2.05) is 0 Å². The zero-order chi connectivity index (χ0) is 6.28. The predicted octanol–water partition coefficient (Wildman–Crippen LogP) is -3.23. The monoisotopic (exact) mass is 134 g/mol. The summed E-state index contributed by atoms with van der Waals surface area (Å²) in [4.78, 5) is 0. The van der Waals surface area contributed by atoms with Gasteiger partial charge in [-0.15, -0.1) is 0 Å². The van der Waals surface area contributed by atoms with Crippen LogP contribution in [0.3, 0.4) is 0 Å². The molecule has 0 aromatic heterocycles. The summed E-state index contributed by atoms with van der Waals surface area (Å²) in [6, 6.07) is 0. The molecule has 0 saturated heterocycles. The van der Waals surface area contributed by atoms with E-state index in [4.69, 9.17) is 18.1 Å². The van der Waals surface area contributed by atoms with Crippen molar-refractivity contribution in [2.45, 2.75) is 6.92 Å². The maximum atomic E-state index is 8.56. The molecule has 4 nitrogen and oxygen atoms in total. The van der Waals surface area contributed by atoms with Gasteiger partial charge in [-0.2, -0.15) is 0 Å². The van der Waals surface area contributed by atoms with E-state index >= 15 is 0 Å². The van der Waals surface area contributed by atoms with E-state index < -0.39 is 11.0 Å². The number of aliphatic hydroxyl groups excluding tert-OH is 1. The Hall–Kier alpha value is 0.467. The Balaban J connectivity index is -0.0000000575. The van der Waals surface area contributed by atoms with Gasteiger partial charge in [-0.25, -0.2) is 0 Å². The van der Waals surface area contributed by atoms with Crippen molar-refractivity contribution >= 4 is 11.0 Å². The van der Waals surface area contributed by atoms with E-state index in [1.54, 1.807) is 6.92 Å². The van der Waals surface area contributed by atoms with Crippen LogP contribution >= 0.6 is 0 Å². The van der Waals surface area contributed by atoms with Gasteiger partial charge in [0, 0.05) is 17.6 Å². The molecular weight excluding hydrogens is 127 g/mol. The second kappa shape index (κ2) is 15.7. The molecule has 0 aliphatic rings. The molecule has 0 unspecified atom stereocenters. The van der Waals surface area contributed by atoms with E-state index in [0.29, 0.717) is 0 Å². The second-order valence-corrected chi connectivity index (χ2v) is 0.968. The van der Waals surface area contributed by atoms with E-state index in [1.165, 1.54) is 0 Å². The molecule has 0 aliphatic carbocycles. The van der Waals surface area contributed by atoms with Crippen molar-refractivity contribution in [2.75, 3.05) is 6.61 Å². The first-order chi connectivity index (χ1) is 3.15. The number of rotatable bonds is 0. The van der Waals surface area contributed by atoms with Crippen molar-refractivity contribution in [3.63, 3.8) is 0 Å². The molecule has 0 fully saturated rings. The molecule has 46 valence electrons. The Morgan fingerprint density at radius 1 is 1.50 bits per heavy atom. The third-order valence-corrected chi connectivity index (χ3v) is 0. The van der Waals surface area contributed by atoms with E-state index in [9.17, 15) is 0 Å². The van der Waals surface area contributed by atoms with E-state index in [2.05, 4.69) is 0 Å². The van der Waals surface area contributed by atoms with Gasteiger partial charge in [-0.1, -0.05) is 0 Å². The molecule has 8 heavy (non-hydrogen) atoms. The van der Waals surface area contributed by atoms with Gasteiger partial charge in [0.2, 0.25) is 0 Å². The number of aliphatic hydroxyl groups is 1. The summed E-state index contributed by atoms with van der Waals surface area (Å²) < 4.78 is 24.1. The first kappa shape index (κ1) is 15.8. The summed E-state index contributed by atoms with van der Waals surface area (Å²) in [5, 5.41) is 7.57. The van der Waals surface area contributed by atoms with Gasteiger partial charge in [0.05, 0.1) is 0 Å². The summed E-state index contributed by atoms with van der Waals surface area (Å²) in [6.07, 6.45) is 0. The van der Waals surface area contributed by atoms with Crippen molar-refractivity contribution in [2.24, 2.45) is 0 Å². The van der Waals surface area contributed by atoms with Crippen LogP contribution in [0.25, 0.3) is 0 Å². The Bertz CT molecular complexity index is 72.1. The topological polar surface area (TPSA) is 74.6 Å². The molecular formula is C2H7LiO4S. The Morgan fingerprint density at radius 3 is 1.50 bits per heavy atom. The SMILES string of the molecule is CCO.O=[S-](=O)O.[Li+]. The van der Waals surface area contributed by atoms with Crippen LogP contribution in [0.5, 0.6) is 0 Å². The first-order valence-electron chi connectivity index (χ1n) is 1.54.